The van der Waals surface area contributed by atoms with Crippen molar-refractivity contribution >= 4 is 43.5 Å². The quantitative estimate of drug-likeness (QED) is 0.173. The number of halogens is 1. The third kappa shape index (κ3) is 9.23. The Morgan fingerprint density at radius 1 is 0.894 bits per heavy atom. The van der Waals surface area contributed by atoms with Gasteiger partial charge in [-0.25, -0.2) is 8.42 Å². The molecule has 0 aliphatic carbocycles. The Bertz CT molecular complexity index is 1810. The van der Waals surface area contributed by atoms with Crippen molar-refractivity contribution in [2.45, 2.75) is 64.1 Å². The highest BCUT2D eigenvalue weighted by molar-refractivity contribution is 9.10. The Kier molecular flexibility index (Phi) is 11.5. The van der Waals surface area contributed by atoms with Crippen molar-refractivity contribution in [3.8, 4) is 5.75 Å². The van der Waals surface area contributed by atoms with Gasteiger partial charge >= 0.3 is 0 Å². The fraction of sp³-hybridized carbons (Fsp3) is 0.297. The van der Waals surface area contributed by atoms with Crippen LogP contribution in [0.15, 0.2) is 106 Å². The van der Waals surface area contributed by atoms with Crippen LogP contribution >= 0.6 is 15.9 Å². The van der Waals surface area contributed by atoms with Crippen LogP contribution in [0.2, 0.25) is 0 Å². The van der Waals surface area contributed by atoms with E-state index in [9.17, 15) is 18.0 Å². The van der Waals surface area contributed by atoms with Gasteiger partial charge in [-0.05, 0) is 97.6 Å². The molecule has 0 heterocycles. The van der Waals surface area contributed by atoms with Gasteiger partial charge in [0.05, 0.1) is 22.2 Å². The number of hydrogen-bond acceptors (Lipinski definition) is 5. The Hall–Kier alpha value is -4.15. The summed E-state index contributed by atoms with van der Waals surface area (Å²) >= 11 is 3.40. The lowest BCUT2D eigenvalue weighted by molar-refractivity contribution is -0.140. The number of anilines is 1. The number of ether oxygens (including phenoxy) is 1. The molecule has 8 nitrogen and oxygen atoms in total. The smallest absolute Gasteiger partial charge is 0.264 e. The zero-order valence-electron chi connectivity index (χ0n) is 27.7. The number of carbonyl (C=O) groups is 2. The maximum absolute atomic E-state index is 14.7. The molecule has 4 rings (SSSR count). The van der Waals surface area contributed by atoms with Crippen LogP contribution in [0.5, 0.6) is 5.75 Å². The monoisotopic (exact) mass is 719 g/mol. The van der Waals surface area contributed by atoms with Crippen molar-refractivity contribution in [2.75, 3.05) is 18.0 Å². The molecule has 0 aromatic heterocycles. The highest BCUT2D eigenvalue weighted by Crippen LogP contribution is 2.31. The lowest BCUT2D eigenvalue weighted by Gasteiger charge is -2.35. The van der Waals surface area contributed by atoms with Gasteiger partial charge in [-0.15, -0.1) is 0 Å². The van der Waals surface area contributed by atoms with Gasteiger partial charge in [0.1, 0.15) is 18.3 Å². The Morgan fingerprint density at radius 3 is 2.13 bits per heavy atom. The number of nitrogens with one attached hydrogen (secondary N) is 1. The van der Waals surface area contributed by atoms with Gasteiger partial charge < -0.3 is 15.0 Å². The average molecular weight is 721 g/mol. The SMILES string of the molecule is COc1ccc(S(=O)(=O)N(CC(=O)N(Cc2ccccc2C)[C@H](Cc2ccccc2)C(=O)NC(C)(C)C)c2ccc(C)cc2)cc1Br. The first-order chi connectivity index (χ1) is 22.2. The summed E-state index contributed by atoms with van der Waals surface area (Å²) in [5, 5.41) is 3.06. The molecule has 0 fully saturated rings. The molecule has 0 bridgehead atoms. The molecule has 0 aliphatic rings. The van der Waals surface area contributed by atoms with Crippen LogP contribution in [0.25, 0.3) is 0 Å². The third-order valence-corrected chi connectivity index (χ3v) is 10.1. The van der Waals surface area contributed by atoms with Gasteiger partial charge in [-0.2, -0.15) is 0 Å². The first-order valence-electron chi connectivity index (χ1n) is 15.3. The average Bonchev–Trinajstić information content (AvgIpc) is 3.02. The van der Waals surface area contributed by atoms with Crippen molar-refractivity contribution in [3.05, 3.63) is 124 Å². The second kappa shape index (κ2) is 15.2. The van der Waals surface area contributed by atoms with E-state index in [0.717, 1.165) is 26.6 Å². The van der Waals surface area contributed by atoms with E-state index < -0.39 is 34.1 Å². The van der Waals surface area contributed by atoms with Crippen molar-refractivity contribution < 1.29 is 22.7 Å². The molecule has 1 N–H and O–H groups in total. The molecule has 0 saturated carbocycles. The standard InChI is InChI=1S/C37H42BrN3O5S/c1-26-16-18-30(19-17-26)41(47(44,45)31-20-21-34(46-6)32(38)23-31)25-35(42)40(24-29-15-11-10-12-27(29)2)33(36(43)39-37(3,4)5)22-28-13-8-7-9-14-28/h7-21,23,33H,22,24-25H2,1-6H3,(H,39,43)/t33-/m1/s1. The predicted molar refractivity (Wildman–Crippen MR) is 190 cm³/mol. The molecule has 10 heteroatoms. The van der Waals surface area contributed by atoms with E-state index in [-0.39, 0.29) is 23.8 Å². The zero-order valence-corrected chi connectivity index (χ0v) is 30.1. The number of benzene rings is 4. The summed E-state index contributed by atoms with van der Waals surface area (Å²) in [6.45, 7) is 9.08. The van der Waals surface area contributed by atoms with Crippen LogP contribution in [0.3, 0.4) is 0 Å². The van der Waals surface area contributed by atoms with Crippen molar-refractivity contribution in [1.29, 1.82) is 0 Å². The fourth-order valence-corrected chi connectivity index (χ4v) is 7.29. The summed E-state index contributed by atoms with van der Waals surface area (Å²) in [6.07, 6.45) is 0.239. The minimum Gasteiger partial charge on any atom is -0.496 e. The molecular formula is C37H42BrN3O5S. The molecule has 0 radical (unpaired) electrons. The summed E-state index contributed by atoms with van der Waals surface area (Å²) < 4.78 is 35.5. The number of hydrogen-bond donors (Lipinski definition) is 1. The van der Waals surface area contributed by atoms with Gasteiger partial charge in [-0.3, -0.25) is 13.9 Å². The summed E-state index contributed by atoms with van der Waals surface area (Å²) in [7, 11) is -2.76. The third-order valence-electron chi connectivity index (χ3n) is 7.68. The van der Waals surface area contributed by atoms with Crippen LogP contribution in [-0.2, 0) is 32.6 Å². The van der Waals surface area contributed by atoms with Gasteiger partial charge in [0.2, 0.25) is 11.8 Å². The minimum atomic E-state index is -4.26. The van der Waals surface area contributed by atoms with Crippen molar-refractivity contribution in [1.82, 2.24) is 10.2 Å². The summed E-state index contributed by atoms with van der Waals surface area (Å²) in [5.74, 6) is -0.373. The summed E-state index contributed by atoms with van der Waals surface area (Å²) in [4.78, 5) is 30.2. The topological polar surface area (TPSA) is 96.0 Å². The fourth-order valence-electron chi connectivity index (χ4n) is 5.15. The summed E-state index contributed by atoms with van der Waals surface area (Å²) in [5.41, 5.74) is 3.37. The first-order valence-corrected chi connectivity index (χ1v) is 17.6. The van der Waals surface area contributed by atoms with Crippen molar-refractivity contribution in [3.63, 3.8) is 0 Å². The number of aryl methyl sites for hydroxylation is 2. The molecule has 1 atom stereocenters. The van der Waals surface area contributed by atoms with Gasteiger partial charge in [-0.1, -0.05) is 72.3 Å². The van der Waals surface area contributed by atoms with E-state index in [1.54, 1.807) is 30.3 Å². The largest absolute Gasteiger partial charge is 0.496 e. The van der Waals surface area contributed by atoms with Gasteiger partial charge in [0, 0.05) is 18.5 Å². The van der Waals surface area contributed by atoms with Crippen LogP contribution in [0.4, 0.5) is 5.69 Å². The number of rotatable bonds is 12. The Balaban J connectivity index is 1.84. The minimum absolute atomic E-state index is 0.0182. The maximum Gasteiger partial charge on any atom is 0.264 e. The maximum atomic E-state index is 14.7. The molecule has 47 heavy (non-hydrogen) atoms. The van der Waals surface area contributed by atoms with E-state index >= 15 is 0 Å². The van der Waals surface area contributed by atoms with E-state index in [2.05, 4.69) is 21.2 Å². The molecule has 4 aromatic rings. The molecule has 0 unspecified atom stereocenters. The first kappa shape index (κ1) is 35.7. The Labute approximate surface area is 286 Å². The molecule has 0 aliphatic heterocycles. The number of carbonyl (C=O) groups excluding carboxylic acids is 2. The van der Waals surface area contributed by atoms with Crippen LogP contribution in [0, 0.1) is 13.8 Å². The van der Waals surface area contributed by atoms with Gasteiger partial charge in [0.25, 0.3) is 10.0 Å². The van der Waals surface area contributed by atoms with E-state index in [0.29, 0.717) is 15.9 Å². The second-order valence-corrected chi connectivity index (χ2v) is 15.3. The number of sulfonamides is 1. The number of nitrogens with zero attached hydrogens (tertiary/aromatic N) is 2. The lowest BCUT2D eigenvalue weighted by Crippen LogP contribution is -2.56. The highest BCUT2D eigenvalue weighted by Gasteiger charge is 2.36. The second-order valence-electron chi connectivity index (χ2n) is 12.5. The predicted octanol–water partition coefficient (Wildman–Crippen LogP) is 6.82. The molecule has 4 aromatic carbocycles. The van der Waals surface area contributed by atoms with Crippen molar-refractivity contribution in [2.24, 2.45) is 0 Å². The van der Waals surface area contributed by atoms with Crippen LogP contribution in [0.1, 0.15) is 43.0 Å². The Morgan fingerprint density at radius 2 is 1.53 bits per heavy atom. The van der Waals surface area contributed by atoms with Crippen LogP contribution in [-0.4, -0.2) is 50.4 Å². The highest BCUT2D eigenvalue weighted by atomic mass is 79.9. The molecule has 248 valence electrons. The van der Waals surface area contributed by atoms with E-state index in [4.69, 9.17) is 4.74 Å². The van der Waals surface area contributed by atoms with Gasteiger partial charge in [0.15, 0.2) is 0 Å². The van der Waals surface area contributed by atoms with E-state index in [1.807, 2.05) is 89.2 Å². The van der Waals surface area contributed by atoms with E-state index in [1.165, 1.54) is 24.1 Å². The normalized spacial score (nSPS) is 12.2. The van der Waals surface area contributed by atoms with Crippen LogP contribution < -0.4 is 14.4 Å². The number of methoxy groups -OCH3 is 1. The molecule has 2 amide bonds. The zero-order chi connectivity index (χ0) is 34.4. The molecule has 0 spiro atoms. The molecular weight excluding hydrogens is 678 g/mol. The summed E-state index contributed by atoms with van der Waals surface area (Å²) in [6, 6.07) is 27.7. The molecule has 0 saturated heterocycles. The lowest BCUT2D eigenvalue weighted by atomic mass is 10.00. The number of amides is 2.